The summed E-state index contributed by atoms with van der Waals surface area (Å²) in [6.45, 7) is 5.42. The third kappa shape index (κ3) is 8.28. The Hall–Kier alpha value is -1.93. The maximum Gasteiger partial charge on any atom is 0.310 e. The van der Waals surface area contributed by atoms with Gasteiger partial charge in [-0.1, -0.05) is 44.2 Å². The lowest BCUT2D eigenvalue weighted by Crippen LogP contribution is -3.00. The summed E-state index contributed by atoms with van der Waals surface area (Å²) in [5, 5.41) is 3.36. The molecule has 7 nitrogen and oxygen atoms in total. The zero-order valence-corrected chi connectivity index (χ0v) is 25.3. The van der Waals surface area contributed by atoms with Gasteiger partial charge in [-0.05, 0) is 60.8 Å². The van der Waals surface area contributed by atoms with Gasteiger partial charge in [-0.3, -0.25) is 14.4 Å². The van der Waals surface area contributed by atoms with Crippen molar-refractivity contribution in [2.45, 2.75) is 89.9 Å². The van der Waals surface area contributed by atoms with Gasteiger partial charge in [0.25, 0.3) is 0 Å². The lowest BCUT2D eigenvalue weighted by atomic mass is 9.43. The minimum Gasteiger partial charge on any atom is -1.00 e. The first-order chi connectivity index (χ1) is 17.2. The second kappa shape index (κ2) is 11.7. The number of carbonyl (C=O) groups is 3. The molecule has 3 atom stereocenters. The molecule has 4 saturated carbocycles. The van der Waals surface area contributed by atoms with Gasteiger partial charge < -0.3 is 36.3 Å². The molecule has 0 aromatic heterocycles. The normalized spacial score (nSPS) is 30.2. The summed E-state index contributed by atoms with van der Waals surface area (Å²) in [6, 6.07) is 9.49. The van der Waals surface area contributed by atoms with E-state index in [-0.39, 0.29) is 54.3 Å². The number of hydrogen-bond acceptors (Lipinski definition) is 5. The van der Waals surface area contributed by atoms with Crippen LogP contribution in [0.5, 0.6) is 0 Å². The van der Waals surface area contributed by atoms with Gasteiger partial charge in [-0.2, -0.15) is 0 Å². The molecule has 8 heteroatoms. The average molecular weight is 594 g/mol. The van der Waals surface area contributed by atoms with Crippen molar-refractivity contribution in [1.29, 1.82) is 0 Å². The minimum absolute atomic E-state index is 0. The maximum absolute atomic E-state index is 13.0. The Bertz CT molecular complexity index is 990. The number of likely N-dealkylation sites (N-methyl/N-ethyl adjacent to an activating group) is 1. The quantitative estimate of drug-likeness (QED) is 0.310. The van der Waals surface area contributed by atoms with E-state index >= 15 is 0 Å². The van der Waals surface area contributed by atoms with Crippen LogP contribution >= 0.6 is 0 Å². The van der Waals surface area contributed by atoms with Crippen LogP contribution in [-0.2, 0) is 30.5 Å². The van der Waals surface area contributed by atoms with Crippen LogP contribution in [0.25, 0.3) is 0 Å². The molecule has 4 aliphatic carbocycles. The van der Waals surface area contributed by atoms with Crippen LogP contribution < -0.4 is 22.3 Å². The summed E-state index contributed by atoms with van der Waals surface area (Å²) < 4.78 is 11.6. The first kappa shape index (κ1) is 30.6. The number of quaternary nitrogens is 1. The Morgan fingerprint density at radius 1 is 0.947 bits per heavy atom. The van der Waals surface area contributed by atoms with Gasteiger partial charge in [0.05, 0.1) is 34.0 Å². The number of hydrogen-bond donors (Lipinski definition) is 1. The summed E-state index contributed by atoms with van der Waals surface area (Å²) in [5.74, 6) is -0.239. The Morgan fingerprint density at radius 2 is 1.58 bits per heavy atom. The molecule has 0 heterocycles. The molecule has 38 heavy (non-hydrogen) atoms. The molecule has 5 rings (SSSR count). The van der Waals surface area contributed by atoms with Gasteiger partial charge in [0.15, 0.2) is 6.10 Å². The molecule has 4 fully saturated rings. The Labute approximate surface area is 238 Å². The second-order valence-electron chi connectivity index (χ2n) is 13.9. The molecular formula is C30H45BrN2O5. The van der Waals surface area contributed by atoms with Crippen LogP contribution in [0.4, 0.5) is 0 Å². The van der Waals surface area contributed by atoms with E-state index < -0.39 is 18.0 Å². The number of nitrogens with zero attached hydrogens (tertiary/aromatic N) is 1. The average Bonchev–Trinajstić information content (AvgIpc) is 2.73. The number of carbonyl (C=O) groups excluding carboxylic acids is 3. The van der Waals surface area contributed by atoms with Crippen molar-refractivity contribution in [3.05, 3.63) is 35.9 Å². The molecule has 212 valence electrons. The van der Waals surface area contributed by atoms with Crippen LogP contribution in [0.1, 0.15) is 77.2 Å². The van der Waals surface area contributed by atoms with Crippen LogP contribution in [-0.4, -0.2) is 61.7 Å². The van der Waals surface area contributed by atoms with Crippen molar-refractivity contribution in [2.75, 3.05) is 27.7 Å². The van der Waals surface area contributed by atoms with E-state index in [4.69, 9.17) is 9.47 Å². The van der Waals surface area contributed by atoms with E-state index in [0.29, 0.717) is 27.8 Å². The van der Waals surface area contributed by atoms with E-state index in [1.165, 1.54) is 19.3 Å². The van der Waals surface area contributed by atoms with Gasteiger partial charge in [-0.15, -0.1) is 0 Å². The van der Waals surface area contributed by atoms with E-state index in [2.05, 4.69) is 19.2 Å². The summed E-state index contributed by atoms with van der Waals surface area (Å²) in [6.07, 6.45) is 6.43. The van der Waals surface area contributed by atoms with E-state index in [9.17, 15) is 14.4 Å². The first-order valence-corrected chi connectivity index (χ1v) is 13.8. The highest BCUT2D eigenvalue weighted by Crippen LogP contribution is 2.66. The zero-order valence-electron chi connectivity index (χ0n) is 23.7. The van der Waals surface area contributed by atoms with Crippen LogP contribution in [0, 0.1) is 16.7 Å². The highest BCUT2D eigenvalue weighted by Gasteiger charge is 2.60. The number of nitrogens with one attached hydrogen (secondary N) is 1. The molecule has 4 aliphatic rings. The summed E-state index contributed by atoms with van der Waals surface area (Å²) >= 11 is 0. The molecule has 0 aliphatic heterocycles. The Kier molecular flexibility index (Phi) is 9.40. The number of ether oxygens (including phenoxy) is 2. The first-order valence-electron chi connectivity index (χ1n) is 13.8. The van der Waals surface area contributed by atoms with Gasteiger partial charge in [0, 0.05) is 12.0 Å². The van der Waals surface area contributed by atoms with Crippen LogP contribution in [0.3, 0.4) is 0 Å². The Morgan fingerprint density at radius 3 is 2.16 bits per heavy atom. The van der Waals surface area contributed by atoms with Crippen molar-refractivity contribution < 1.29 is 45.3 Å². The maximum atomic E-state index is 13.0. The minimum atomic E-state index is -0.609. The predicted molar refractivity (Wildman–Crippen MR) is 141 cm³/mol. The van der Waals surface area contributed by atoms with Crippen molar-refractivity contribution in [2.24, 2.45) is 16.7 Å². The molecule has 0 spiro atoms. The molecule has 1 N–H and O–H groups in total. The molecular weight excluding hydrogens is 548 g/mol. The monoisotopic (exact) mass is 592 g/mol. The second-order valence-corrected chi connectivity index (χ2v) is 13.9. The lowest BCUT2D eigenvalue weighted by molar-refractivity contribution is -0.873. The lowest BCUT2D eigenvalue weighted by Gasteiger charge is -2.65. The van der Waals surface area contributed by atoms with Gasteiger partial charge in [0.1, 0.15) is 13.2 Å². The van der Waals surface area contributed by atoms with E-state index in [0.717, 1.165) is 24.8 Å². The SMILES string of the molecule is CC12CC3CC(C)(C1)CC(NC(=O)CCC(=O)OC(CC(=O)OCc1ccccc1)C[N+](C)(C)C)(C3)C2.[Br-]. The van der Waals surface area contributed by atoms with Crippen LogP contribution in [0.2, 0.25) is 0 Å². The molecule has 1 aromatic rings. The van der Waals surface area contributed by atoms with Crippen molar-refractivity contribution >= 4 is 17.8 Å². The number of halogens is 1. The fourth-order valence-electron chi connectivity index (χ4n) is 8.14. The van der Waals surface area contributed by atoms with Crippen LogP contribution in [0.15, 0.2) is 30.3 Å². The largest absolute Gasteiger partial charge is 1.00 e. The third-order valence-corrected chi connectivity index (χ3v) is 8.27. The number of rotatable bonds is 11. The fraction of sp³-hybridized carbons (Fsp3) is 0.700. The summed E-state index contributed by atoms with van der Waals surface area (Å²) in [4.78, 5) is 38.1. The molecule has 1 aromatic carbocycles. The van der Waals surface area contributed by atoms with Gasteiger partial charge in [-0.25, -0.2) is 0 Å². The molecule has 0 radical (unpaired) electrons. The van der Waals surface area contributed by atoms with Gasteiger partial charge in [0.2, 0.25) is 5.91 Å². The van der Waals surface area contributed by atoms with Gasteiger partial charge >= 0.3 is 11.9 Å². The van der Waals surface area contributed by atoms with E-state index in [1.807, 2.05) is 51.5 Å². The van der Waals surface area contributed by atoms with Crippen molar-refractivity contribution in [3.63, 3.8) is 0 Å². The number of esters is 2. The third-order valence-electron chi connectivity index (χ3n) is 8.27. The van der Waals surface area contributed by atoms with E-state index in [1.54, 1.807) is 0 Å². The highest BCUT2D eigenvalue weighted by molar-refractivity contribution is 5.82. The summed E-state index contributed by atoms with van der Waals surface area (Å²) in [5.41, 5.74) is 1.41. The van der Waals surface area contributed by atoms with Crippen molar-refractivity contribution in [1.82, 2.24) is 5.32 Å². The molecule has 4 bridgehead atoms. The highest BCUT2D eigenvalue weighted by atomic mass is 79.9. The molecule has 1 amide bonds. The zero-order chi connectivity index (χ0) is 26.9. The molecule has 0 saturated heterocycles. The predicted octanol–water partition coefficient (Wildman–Crippen LogP) is 1.39. The molecule has 3 unspecified atom stereocenters. The number of amides is 1. The smallest absolute Gasteiger partial charge is 0.310 e. The Balaban J connectivity index is 0.00000400. The number of benzene rings is 1. The van der Waals surface area contributed by atoms with Crippen molar-refractivity contribution in [3.8, 4) is 0 Å². The topological polar surface area (TPSA) is 81.7 Å². The standard InChI is InChI=1S/C30H44N2O5.BrH/c1-28-14-23-15-29(2,19-28)21-30(16-23,20-28)31-25(33)11-12-26(34)37-24(17-32(3,4)5)13-27(35)36-18-22-9-7-6-8-10-22;/h6-10,23-24H,11-21H2,1-5H3;1H. The summed E-state index contributed by atoms with van der Waals surface area (Å²) in [7, 11) is 5.95. The fourth-order valence-corrected chi connectivity index (χ4v) is 8.14.